The number of nitrogens with zero attached hydrogens (tertiary/aromatic N) is 3. The van der Waals surface area contributed by atoms with Gasteiger partial charge in [-0.3, -0.25) is 0 Å². The average Bonchev–Trinajstić information content (AvgIpc) is 2.55. The molecule has 1 heterocycles. The Hall–Kier alpha value is -2.89. The molecule has 1 aliphatic heterocycles. The first-order valence-corrected chi connectivity index (χ1v) is 7.09. The van der Waals surface area contributed by atoms with Crippen molar-refractivity contribution in [2.75, 3.05) is 33.2 Å². The Morgan fingerprint density at radius 1 is 1.22 bits per heavy atom. The number of esters is 1. The first-order valence-electron chi connectivity index (χ1n) is 7.09. The molecule has 0 radical (unpaired) electrons. The fraction of sp³-hybridized carbons (Fsp3) is 0.235. The number of methoxy groups -OCH3 is 1. The van der Waals surface area contributed by atoms with Crippen molar-refractivity contribution in [1.82, 2.24) is 4.90 Å². The number of benzene rings is 1. The summed E-state index contributed by atoms with van der Waals surface area (Å²) in [5, 5.41) is 0. The van der Waals surface area contributed by atoms with Gasteiger partial charge in [0.15, 0.2) is 0 Å². The number of hydrogen-bond donors (Lipinski definition) is 0. The molecule has 1 aliphatic rings. The molecule has 0 saturated heterocycles. The first-order chi connectivity index (χ1) is 10.9. The summed E-state index contributed by atoms with van der Waals surface area (Å²) in [7, 11) is 6.98. The van der Waals surface area contributed by atoms with E-state index in [-0.39, 0.29) is 0 Å². The van der Waals surface area contributed by atoms with Crippen LogP contribution in [0.1, 0.15) is 0 Å². The van der Waals surface area contributed by atoms with Crippen LogP contribution in [-0.2, 0) is 9.53 Å². The number of ether oxygens (including phenoxy) is 1. The van der Waals surface area contributed by atoms with E-state index in [9.17, 15) is 9.70 Å². The van der Waals surface area contributed by atoms with Gasteiger partial charge in [0.1, 0.15) is 5.70 Å². The van der Waals surface area contributed by atoms with Gasteiger partial charge in [-0.2, -0.15) is 0 Å². The lowest BCUT2D eigenvalue weighted by Crippen LogP contribution is -2.17. The Morgan fingerprint density at radius 3 is 2.39 bits per heavy atom. The highest BCUT2D eigenvalue weighted by atomic mass is 16.5. The van der Waals surface area contributed by atoms with Crippen LogP contribution in [0.25, 0.3) is 0 Å². The maximum atomic E-state index is 12.3. The van der Waals surface area contributed by atoms with Gasteiger partial charge in [0, 0.05) is 50.1 Å². The number of carbonyl (C=O) groups is 1. The molecule has 23 heavy (non-hydrogen) atoms. The number of likely N-dealkylation sites (N-methyl/N-ethyl adjacent to an activating group) is 1. The number of carbonyl (C=O) groups excluding carboxylic acids is 1. The zero-order valence-corrected chi connectivity index (χ0v) is 13.7. The van der Waals surface area contributed by atoms with Crippen molar-refractivity contribution in [2.45, 2.75) is 0 Å². The lowest BCUT2D eigenvalue weighted by Gasteiger charge is -2.18. The zero-order valence-electron chi connectivity index (χ0n) is 13.7. The molecule has 120 valence electrons. The quantitative estimate of drug-likeness (QED) is 0.631. The van der Waals surface area contributed by atoms with Crippen molar-refractivity contribution < 1.29 is 14.3 Å². The summed E-state index contributed by atoms with van der Waals surface area (Å²) in [5.41, 5.74) is 2.66. The van der Waals surface area contributed by atoms with Gasteiger partial charge in [-0.25, -0.2) is 4.79 Å². The van der Waals surface area contributed by atoms with Crippen LogP contribution in [-0.4, -0.2) is 43.9 Å². The standard InChI is InChI=1S/C17H20N3O3/c1-18(2)14-7-9-15(10-8-14)20(22)12-16-6-5-13(11-19(16)3)17(21)23-4/h5-12H,1-4H3/q+1. The molecular weight excluding hydrogens is 294 g/mol. The Morgan fingerprint density at radius 2 is 1.87 bits per heavy atom. The topological polar surface area (TPSA) is 52.9 Å². The Bertz CT molecular complexity index is 700. The maximum Gasteiger partial charge on any atom is 0.339 e. The van der Waals surface area contributed by atoms with E-state index in [2.05, 4.69) is 4.74 Å². The highest BCUT2D eigenvalue weighted by molar-refractivity contribution is 5.91. The highest BCUT2D eigenvalue weighted by Gasteiger charge is 2.18. The van der Waals surface area contributed by atoms with Gasteiger partial charge in [0.2, 0.25) is 0 Å². The molecule has 6 heteroatoms. The number of anilines is 1. The second-order valence-electron chi connectivity index (χ2n) is 5.31. The third-order valence-electron chi connectivity index (χ3n) is 3.46. The van der Waals surface area contributed by atoms with Gasteiger partial charge in [0.25, 0.3) is 11.9 Å². The second kappa shape index (κ2) is 6.91. The van der Waals surface area contributed by atoms with Crippen molar-refractivity contribution in [3.8, 4) is 0 Å². The molecule has 0 unspecified atom stereocenters. The third kappa shape index (κ3) is 3.85. The minimum Gasteiger partial charge on any atom is -0.465 e. The van der Waals surface area contributed by atoms with Crippen LogP contribution < -0.4 is 4.90 Å². The second-order valence-corrected chi connectivity index (χ2v) is 5.31. The number of hydrogen-bond acceptors (Lipinski definition) is 5. The Kier molecular flexibility index (Phi) is 4.95. The number of nitroso groups, excluding NO2 is 1. The highest BCUT2D eigenvalue weighted by Crippen LogP contribution is 2.21. The van der Waals surface area contributed by atoms with Gasteiger partial charge in [-0.15, -0.1) is 0 Å². The van der Waals surface area contributed by atoms with Crippen molar-refractivity contribution in [2.24, 2.45) is 0 Å². The molecule has 0 aliphatic carbocycles. The summed E-state index contributed by atoms with van der Waals surface area (Å²) in [6.45, 7) is 0. The summed E-state index contributed by atoms with van der Waals surface area (Å²) in [6.07, 6.45) is 6.42. The van der Waals surface area contributed by atoms with E-state index in [4.69, 9.17) is 0 Å². The minimum absolute atomic E-state index is 0.412. The SMILES string of the molecule is COC(=O)C1=CN(C)C(=C[N+](=O)c2ccc(N(C)C)cc2)C=C1. The van der Waals surface area contributed by atoms with Gasteiger partial charge in [0.05, 0.1) is 17.4 Å². The van der Waals surface area contributed by atoms with Crippen molar-refractivity contribution in [1.29, 1.82) is 0 Å². The maximum absolute atomic E-state index is 12.3. The summed E-state index contributed by atoms with van der Waals surface area (Å²) < 4.78 is 5.47. The molecule has 0 fully saturated rings. The van der Waals surface area contributed by atoms with E-state index in [1.807, 2.05) is 31.1 Å². The number of rotatable bonds is 4. The molecule has 0 aromatic heterocycles. The van der Waals surface area contributed by atoms with Crippen molar-refractivity contribution in [3.05, 3.63) is 65.0 Å². The fourth-order valence-corrected chi connectivity index (χ4v) is 2.08. The predicted molar refractivity (Wildman–Crippen MR) is 89.1 cm³/mol. The van der Waals surface area contributed by atoms with E-state index < -0.39 is 5.97 Å². The number of allylic oxidation sites excluding steroid dienone is 1. The first kappa shape index (κ1) is 16.5. The Balaban J connectivity index is 2.16. The van der Waals surface area contributed by atoms with Crippen LogP contribution in [0.5, 0.6) is 0 Å². The van der Waals surface area contributed by atoms with Crippen LogP contribution >= 0.6 is 0 Å². The monoisotopic (exact) mass is 314 g/mol. The molecule has 1 aromatic rings. The van der Waals surface area contributed by atoms with Crippen LogP contribution in [0, 0.1) is 4.91 Å². The van der Waals surface area contributed by atoms with E-state index in [1.165, 1.54) is 13.3 Å². The van der Waals surface area contributed by atoms with Crippen LogP contribution in [0.3, 0.4) is 0 Å². The van der Waals surface area contributed by atoms with Crippen LogP contribution in [0.2, 0.25) is 0 Å². The largest absolute Gasteiger partial charge is 0.465 e. The molecule has 6 nitrogen and oxygen atoms in total. The summed E-state index contributed by atoms with van der Waals surface area (Å²) in [4.78, 5) is 27.4. The summed E-state index contributed by atoms with van der Waals surface area (Å²) >= 11 is 0. The average molecular weight is 314 g/mol. The van der Waals surface area contributed by atoms with E-state index >= 15 is 0 Å². The van der Waals surface area contributed by atoms with Crippen molar-refractivity contribution >= 4 is 17.3 Å². The molecule has 1 aromatic carbocycles. The summed E-state index contributed by atoms with van der Waals surface area (Å²) in [6, 6.07) is 7.30. The smallest absolute Gasteiger partial charge is 0.339 e. The van der Waals surface area contributed by atoms with Gasteiger partial charge < -0.3 is 14.5 Å². The fourth-order valence-electron chi connectivity index (χ4n) is 2.08. The molecule has 0 spiro atoms. The van der Waals surface area contributed by atoms with Crippen molar-refractivity contribution in [3.63, 3.8) is 0 Å². The third-order valence-corrected chi connectivity index (χ3v) is 3.46. The molecule has 0 atom stereocenters. The Labute approximate surface area is 135 Å². The zero-order chi connectivity index (χ0) is 17.0. The lowest BCUT2D eigenvalue weighted by molar-refractivity contribution is -0.386. The summed E-state index contributed by atoms with van der Waals surface area (Å²) in [5.74, 6) is -0.412. The van der Waals surface area contributed by atoms with E-state index in [0.29, 0.717) is 17.0 Å². The molecular formula is C17H20N3O3+. The van der Waals surface area contributed by atoms with E-state index in [0.717, 1.165) is 10.4 Å². The molecule has 0 bridgehead atoms. The molecule has 0 amide bonds. The van der Waals surface area contributed by atoms with Gasteiger partial charge in [-0.05, 0) is 24.3 Å². The van der Waals surface area contributed by atoms with Crippen LogP contribution in [0.15, 0.2) is 60.1 Å². The van der Waals surface area contributed by atoms with Gasteiger partial charge in [-0.1, -0.05) is 0 Å². The van der Waals surface area contributed by atoms with Crippen LogP contribution in [0.4, 0.5) is 11.4 Å². The van der Waals surface area contributed by atoms with E-state index in [1.54, 1.807) is 42.4 Å². The normalized spacial score (nSPS) is 15.4. The predicted octanol–water partition coefficient (Wildman–Crippen LogP) is 2.56. The molecule has 2 rings (SSSR count). The van der Waals surface area contributed by atoms with Gasteiger partial charge >= 0.3 is 5.97 Å². The lowest BCUT2D eigenvalue weighted by atomic mass is 10.2. The minimum atomic E-state index is -0.412. The molecule has 0 N–H and O–H groups in total. The molecule has 0 saturated carbocycles.